The van der Waals surface area contributed by atoms with Gasteiger partial charge in [-0.3, -0.25) is 9.38 Å². The molecule has 6 heteroatoms. The second-order valence-corrected chi connectivity index (χ2v) is 7.74. The molecule has 4 aromatic rings. The maximum atomic E-state index is 5.26. The van der Waals surface area contributed by atoms with Gasteiger partial charge in [-0.2, -0.15) is 0 Å². The lowest BCUT2D eigenvalue weighted by molar-refractivity contribution is 0.393. The van der Waals surface area contributed by atoms with Crippen molar-refractivity contribution in [2.75, 3.05) is 5.32 Å². The Bertz CT molecular complexity index is 1080. The van der Waals surface area contributed by atoms with Crippen molar-refractivity contribution in [3.63, 3.8) is 0 Å². The minimum Gasteiger partial charge on any atom is -0.365 e. The zero-order valence-corrected chi connectivity index (χ0v) is 16.2. The third-order valence-electron chi connectivity index (χ3n) is 4.35. The first-order valence-corrected chi connectivity index (χ1v) is 8.98. The third kappa shape index (κ3) is 3.18. The molecule has 4 aromatic heterocycles. The van der Waals surface area contributed by atoms with Crippen molar-refractivity contribution in [2.24, 2.45) is 0 Å². The van der Waals surface area contributed by atoms with Crippen LogP contribution in [0.5, 0.6) is 0 Å². The van der Waals surface area contributed by atoms with E-state index in [-0.39, 0.29) is 5.54 Å². The van der Waals surface area contributed by atoms with Crippen LogP contribution in [0.4, 0.5) is 5.82 Å². The molecule has 4 heterocycles. The molecule has 0 aliphatic heterocycles. The van der Waals surface area contributed by atoms with Crippen LogP contribution in [0.25, 0.3) is 28.2 Å². The van der Waals surface area contributed by atoms with Crippen LogP contribution in [0.15, 0.2) is 47.2 Å². The maximum Gasteiger partial charge on any atom is 0.143 e. The molecule has 0 saturated heterocycles. The number of pyridine rings is 2. The van der Waals surface area contributed by atoms with Crippen LogP contribution in [0.1, 0.15) is 32.2 Å². The second-order valence-electron chi connectivity index (χ2n) is 7.74. The summed E-state index contributed by atoms with van der Waals surface area (Å²) in [5.41, 5.74) is 5.29. The molecular weight excluding hydrogens is 338 g/mol. The summed E-state index contributed by atoms with van der Waals surface area (Å²) in [4.78, 5) is 9.47. The number of anilines is 1. The van der Waals surface area contributed by atoms with E-state index in [9.17, 15) is 0 Å². The topological polar surface area (TPSA) is 68.2 Å². The molecule has 0 atom stereocenters. The lowest BCUT2D eigenvalue weighted by atomic mass is 10.1. The highest BCUT2D eigenvalue weighted by Crippen LogP contribution is 2.32. The highest BCUT2D eigenvalue weighted by atomic mass is 16.5. The first-order valence-electron chi connectivity index (χ1n) is 8.98. The largest absolute Gasteiger partial charge is 0.365 e. The Balaban J connectivity index is 1.81. The summed E-state index contributed by atoms with van der Waals surface area (Å²) >= 11 is 0. The van der Waals surface area contributed by atoms with Gasteiger partial charge in [0.2, 0.25) is 0 Å². The molecule has 0 aliphatic rings. The molecule has 138 valence electrons. The normalized spacial score (nSPS) is 11.9. The summed E-state index contributed by atoms with van der Waals surface area (Å²) in [5, 5.41) is 7.59. The molecule has 27 heavy (non-hydrogen) atoms. The molecular formula is C21H23N5O. The molecule has 6 nitrogen and oxygen atoms in total. The van der Waals surface area contributed by atoms with Gasteiger partial charge in [0.25, 0.3) is 0 Å². The molecule has 0 saturated carbocycles. The fourth-order valence-corrected chi connectivity index (χ4v) is 3.20. The van der Waals surface area contributed by atoms with E-state index in [1.54, 1.807) is 0 Å². The quantitative estimate of drug-likeness (QED) is 0.563. The van der Waals surface area contributed by atoms with Gasteiger partial charge in [-0.1, -0.05) is 11.2 Å². The first kappa shape index (κ1) is 17.3. The van der Waals surface area contributed by atoms with E-state index < -0.39 is 0 Å². The van der Waals surface area contributed by atoms with Gasteiger partial charge in [-0.25, -0.2) is 4.98 Å². The summed E-state index contributed by atoms with van der Waals surface area (Å²) in [6, 6.07) is 10.0. The first-order chi connectivity index (χ1) is 12.8. The van der Waals surface area contributed by atoms with Crippen molar-refractivity contribution in [1.29, 1.82) is 0 Å². The highest BCUT2D eigenvalue weighted by Gasteiger charge is 2.20. The zero-order valence-electron chi connectivity index (χ0n) is 16.2. The van der Waals surface area contributed by atoms with Gasteiger partial charge in [0.1, 0.15) is 22.9 Å². The fraction of sp³-hybridized carbons (Fsp3) is 0.286. The van der Waals surface area contributed by atoms with Crippen molar-refractivity contribution in [3.05, 3.63) is 54.2 Å². The zero-order chi connectivity index (χ0) is 19.2. The Morgan fingerprint density at radius 3 is 2.52 bits per heavy atom. The third-order valence-corrected chi connectivity index (χ3v) is 4.35. The summed E-state index contributed by atoms with van der Waals surface area (Å²) in [6.07, 6.45) is 3.88. The molecule has 0 amide bonds. The molecule has 0 radical (unpaired) electrons. The summed E-state index contributed by atoms with van der Waals surface area (Å²) in [7, 11) is 0. The lowest BCUT2D eigenvalue weighted by Crippen LogP contribution is -2.27. The Hall–Kier alpha value is -3.15. The Morgan fingerprint density at radius 1 is 1.07 bits per heavy atom. The van der Waals surface area contributed by atoms with Gasteiger partial charge in [0, 0.05) is 23.5 Å². The SMILES string of the molecule is Cc1noc(C)c1-c1ccc(-c2nc3ccccn3c2NC(C)(C)C)cn1. The number of imidazole rings is 1. The van der Waals surface area contributed by atoms with Crippen molar-refractivity contribution in [3.8, 4) is 22.5 Å². The van der Waals surface area contributed by atoms with Crippen LogP contribution in [-0.2, 0) is 0 Å². The van der Waals surface area contributed by atoms with Gasteiger partial charge in [0.15, 0.2) is 0 Å². The molecule has 0 bridgehead atoms. The predicted octanol–water partition coefficient (Wildman–Crippen LogP) is 4.88. The van der Waals surface area contributed by atoms with E-state index in [2.05, 4.69) is 40.6 Å². The van der Waals surface area contributed by atoms with Crippen molar-refractivity contribution in [2.45, 2.75) is 40.2 Å². The second kappa shape index (κ2) is 6.23. The number of nitrogens with one attached hydrogen (secondary N) is 1. The average Bonchev–Trinajstić information content (AvgIpc) is 3.14. The van der Waals surface area contributed by atoms with Crippen molar-refractivity contribution in [1.82, 2.24) is 19.5 Å². The lowest BCUT2D eigenvalue weighted by Gasteiger charge is -2.22. The monoisotopic (exact) mass is 361 g/mol. The van der Waals surface area contributed by atoms with Gasteiger partial charge < -0.3 is 9.84 Å². The smallest absolute Gasteiger partial charge is 0.143 e. The van der Waals surface area contributed by atoms with Gasteiger partial charge in [-0.15, -0.1) is 0 Å². The van der Waals surface area contributed by atoms with Crippen LogP contribution in [0, 0.1) is 13.8 Å². The minimum atomic E-state index is -0.0926. The van der Waals surface area contributed by atoms with Crippen LogP contribution in [0.2, 0.25) is 0 Å². The van der Waals surface area contributed by atoms with Gasteiger partial charge in [-0.05, 0) is 58.9 Å². The molecule has 4 rings (SSSR count). The molecule has 0 aromatic carbocycles. The number of aryl methyl sites for hydroxylation is 2. The summed E-state index contributed by atoms with van der Waals surface area (Å²) in [6.45, 7) is 10.2. The van der Waals surface area contributed by atoms with Gasteiger partial charge in [0.05, 0.1) is 17.0 Å². The number of nitrogens with zero attached hydrogens (tertiary/aromatic N) is 4. The summed E-state index contributed by atoms with van der Waals surface area (Å²) in [5.74, 6) is 1.74. The summed E-state index contributed by atoms with van der Waals surface area (Å²) < 4.78 is 7.33. The molecule has 0 aliphatic carbocycles. The Kier molecular flexibility index (Phi) is 3.98. The van der Waals surface area contributed by atoms with Crippen molar-refractivity contribution < 1.29 is 4.52 Å². The molecule has 0 fully saturated rings. The fourth-order valence-electron chi connectivity index (χ4n) is 3.20. The highest BCUT2D eigenvalue weighted by molar-refractivity contribution is 5.77. The van der Waals surface area contributed by atoms with E-state index in [1.165, 1.54) is 0 Å². The van der Waals surface area contributed by atoms with E-state index in [1.807, 2.05) is 56.6 Å². The Morgan fingerprint density at radius 2 is 1.89 bits per heavy atom. The minimum absolute atomic E-state index is 0.0926. The van der Waals surface area contributed by atoms with Gasteiger partial charge >= 0.3 is 0 Å². The van der Waals surface area contributed by atoms with Crippen molar-refractivity contribution >= 4 is 11.5 Å². The van der Waals surface area contributed by atoms with E-state index >= 15 is 0 Å². The standard InChI is InChI=1S/C21H23N5O/c1-13-18(14(2)27-25-13)16-10-9-15(12-22-16)19-20(24-21(3,4)5)26-11-7-6-8-17(26)23-19/h6-12,24H,1-5H3. The number of aromatic nitrogens is 4. The number of fused-ring (bicyclic) bond motifs is 1. The maximum absolute atomic E-state index is 5.26. The molecule has 1 N–H and O–H groups in total. The number of hydrogen-bond donors (Lipinski definition) is 1. The van der Waals surface area contributed by atoms with Crippen LogP contribution < -0.4 is 5.32 Å². The number of hydrogen-bond acceptors (Lipinski definition) is 5. The Labute approximate surface area is 158 Å². The van der Waals surface area contributed by atoms with E-state index in [0.717, 1.165) is 45.4 Å². The number of rotatable bonds is 3. The van der Waals surface area contributed by atoms with Crippen LogP contribution >= 0.6 is 0 Å². The van der Waals surface area contributed by atoms with E-state index in [0.29, 0.717) is 0 Å². The predicted molar refractivity (Wildman–Crippen MR) is 107 cm³/mol. The molecule has 0 unspecified atom stereocenters. The van der Waals surface area contributed by atoms with E-state index in [4.69, 9.17) is 9.51 Å². The van der Waals surface area contributed by atoms with Crippen LogP contribution in [0.3, 0.4) is 0 Å². The molecule has 0 spiro atoms. The van der Waals surface area contributed by atoms with Crippen LogP contribution in [-0.4, -0.2) is 25.1 Å². The average molecular weight is 361 g/mol.